The second kappa shape index (κ2) is 11.0. The van der Waals surface area contributed by atoms with Crippen LogP contribution in [0.15, 0.2) is 115 Å². The lowest BCUT2D eigenvalue weighted by Crippen LogP contribution is -2.38. The van der Waals surface area contributed by atoms with Crippen molar-refractivity contribution in [1.82, 2.24) is 0 Å². The molecule has 0 amide bonds. The molecule has 46 heavy (non-hydrogen) atoms. The van der Waals surface area contributed by atoms with Crippen molar-refractivity contribution in [2.45, 2.75) is 31.6 Å². The van der Waals surface area contributed by atoms with E-state index in [1.807, 2.05) is 18.2 Å². The molecule has 0 radical (unpaired) electrons. The number of halogens is 1. The molecule has 7 rings (SSSR count). The molecule has 1 aliphatic carbocycles. The highest BCUT2D eigenvalue weighted by atomic mass is 79.9. The molecule has 6 aromatic carbocycles. The van der Waals surface area contributed by atoms with Crippen LogP contribution < -0.4 is 0 Å². The topological polar surface area (TPSA) is 52.6 Å². The fraction of sp³-hybridized carbons (Fsp3) is 0.171. The van der Waals surface area contributed by atoms with Gasteiger partial charge in [-0.2, -0.15) is 0 Å². The highest BCUT2D eigenvalue weighted by Crippen LogP contribution is 2.52. The van der Waals surface area contributed by atoms with Crippen LogP contribution in [0.5, 0.6) is 0 Å². The molecule has 0 spiro atoms. The second-order valence-electron chi connectivity index (χ2n) is 13.1. The first-order valence-corrected chi connectivity index (χ1v) is 16.1. The van der Waals surface area contributed by atoms with E-state index in [1.165, 1.54) is 37.9 Å². The summed E-state index contributed by atoms with van der Waals surface area (Å²) in [6, 6.07) is 30.4. The molecule has 0 aliphatic heterocycles. The Morgan fingerprint density at radius 1 is 0.696 bits per heavy atom. The lowest BCUT2D eigenvalue weighted by Gasteiger charge is -2.31. The van der Waals surface area contributed by atoms with Crippen molar-refractivity contribution in [3.8, 4) is 22.3 Å². The van der Waals surface area contributed by atoms with Crippen LogP contribution >= 0.6 is 15.9 Å². The van der Waals surface area contributed by atoms with E-state index in [1.54, 1.807) is 0 Å². The van der Waals surface area contributed by atoms with E-state index < -0.39 is 17.4 Å². The monoisotopic (exact) mass is 668 g/mol. The highest BCUT2D eigenvalue weighted by molar-refractivity contribution is 9.10. The molecule has 0 unspecified atom stereocenters. The van der Waals surface area contributed by atoms with Gasteiger partial charge >= 0.3 is 11.9 Å². The van der Waals surface area contributed by atoms with E-state index >= 15 is 0 Å². The number of ether oxygens (including phenoxy) is 2. The van der Waals surface area contributed by atoms with E-state index in [9.17, 15) is 9.59 Å². The zero-order valence-corrected chi connectivity index (χ0v) is 27.7. The zero-order valence-electron chi connectivity index (χ0n) is 26.1. The molecule has 0 saturated carbocycles. The van der Waals surface area contributed by atoms with E-state index in [2.05, 4.69) is 117 Å². The van der Waals surface area contributed by atoms with Gasteiger partial charge in [0.05, 0.1) is 5.41 Å². The number of hydrogen-bond acceptors (Lipinski definition) is 4. The van der Waals surface area contributed by atoms with Crippen molar-refractivity contribution >= 4 is 60.2 Å². The van der Waals surface area contributed by atoms with Gasteiger partial charge in [-0.1, -0.05) is 117 Å². The Morgan fingerprint density at radius 2 is 1.24 bits per heavy atom. The van der Waals surface area contributed by atoms with Gasteiger partial charge in [-0.3, -0.25) is 0 Å². The van der Waals surface area contributed by atoms with Gasteiger partial charge in [0.2, 0.25) is 0 Å². The van der Waals surface area contributed by atoms with Gasteiger partial charge in [0.25, 0.3) is 0 Å². The van der Waals surface area contributed by atoms with Gasteiger partial charge in [-0.25, -0.2) is 9.59 Å². The molecular weight excluding hydrogens is 636 g/mol. The predicted molar refractivity (Wildman–Crippen MR) is 191 cm³/mol. The van der Waals surface area contributed by atoms with Crippen LogP contribution in [0.2, 0.25) is 0 Å². The number of hydrogen-bond donors (Lipinski definition) is 0. The van der Waals surface area contributed by atoms with E-state index in [-0.39, 0.29) is 18.6 Å². The van der Waals surface area contributed by atoms with E-state index in [4.69, 9.17) is 9.47 Å². The second-order valence-corrected chi connectivity index (χ2v) is 14.0. The third-order valence-corrected chi connectivity index (χ3v) is 9.85. The van der Waals surface area contributed by atoms with Gasteiger partial charge in [0.15, 0.2) is 0 Å². The van der Waals surface area contributed by atoms with E-state index in [0.29, 0.717) is 0 Å². The van der Waals surface area contributed by atoms with Crippen molar-refractivity contribution in [3.63, 3.8) is 0 Å². The molecule has 0 aromatic heterocycles. The van der Waals surface area contributed by atoms with Crippen molar-refractivity contribution in [3.05, 3.63) is 131 Å². The lowest BCUT2D eigenvalue weighted by molar-refractivity contribution is -0.143. The Morgan fingerprint density at radius 3 is 1.87 bits per heavy atom. The number of rotatable bonds is 7. The molecule has 6 aromatic rings. The number of fused-ring (bicyclic) bond motifs is 3. The Kier molecular flexibility index (Phi) is 7.13. The third kappa shape index (κ3) is 4.73. The van der Waals surface area contributed by atoms with Crippen LogP contribution in [0.25, 0.3) is 54.6 Å². The average molecular weight is 670 g/mol. The molecule has 0 saturated heterocycles. The predicted octanol–water partition coefficient (Wildman–Crippen LogP) is 10.0. The number of benzene rings is 6. The third-order valence-electron chi connectivity index (χ3n) is 9.35. The van der Waals surface area contributed by atoms with E-state index in [0.717, 1.165) is 50.0 Å². The summed E-state index contributed by atoms with van der Waals surface area (Å²) in [4.78, 5) is 24.8. The molecule has 4 nitrogen and oxygen atoms in total. The summed E-state index contributed by atoms with van der Waals surface area (Å²) in [5.41, 5.74) is 6.36. The summed E-state index contributed by atoms with van der Waals surface area (Å²) in [7, 11) is 0. The fourth-order valence-electron chi connectivity index (χ4n) is 7.00. The average Bonchev–Trinajstić information content (AvgIpc) is 3.32. The van der Waals surface area contributed by atoms with Crippen LogP contribution in [0.1, 0.15) is 37.5 Å². The quantitative estimate of drug-likeness (QED) is 0.0965. The Hall–Kier alpha value is -4.74. The van der Waals surface area contributed by atoms with Crippen molar-refractivity contribution in [2.75, 3.05) is 13.2 Å². The minimum atomic E-state index is -0.949. The summed E-state index contributed by atoms with van der Waals surface area (Å²) in [6.07, 6.45) is 2.29. The summed E-state index contributed by atoms with van der Waals surface area (Å²) in [5.74, 6) is -1.09. The lowest BCUT2D eigenvalue weighted by atomic mass is 9.78. The van der Waals surface area contributed by atoms with Crippen LogP contribution in [0, 0.1) is 0 Å². The smallest absolute Gasteiger partial charge is 0.330 e. The van der Waals surface area contributed by atoms with Crippen molar-refractivity contribution < 1.29 is 19.1 Å². The summed E-state index contributed by atoms with van der Waals surface area (Å²) in [6.45, 7) is 13.8. The van der Waals surface area contributed by atoms with Crippen LogP contribution in [0.3, 0.4) is 0 Å². The number of carbonyl (C=O) groups is 2. The molecule has 5 heteroatoms. The minimum Gasteiger partial charge on any atom is -0.461 e. The van der Waals surface area contributed by atoms with Crippen molar-refractivity contribution in [1.29, 1.82) is 0 Å². The number of esters is 2. The maximum absolute atomic E-state index is 12.4. The number of carbonyl (C=O) groups excluding carboxylic acids is 2. The maximum atomic E-state index is 12.4. The van der Waals surface area contributed by atoms with Gasteiger partial charge in [-0.05, 0) is 94.9 Å². The summed E-state index contributed by atoms with van der Waals surface area (Å²) >= 11 is 3.63. The zero-order chi connectivity index (χ0) is 32.4. The Bertz CT molecular complexity index is 2190. The normalized spacial score (nSPS) is 13.5. The molecule has 0 heterocycles. The van der Waals surface area contributed by atoms with Gasteiger partial charge in [0.1, 0.15) is 13.2 Å². The maximum Gasteiger partial charge on any atom is 0.330 e. The fourth-order valence-corrected chi connectivity index (χ4v) is 7.36. The highest BCUT2D eigenvalue weighted by Gasteiger charge is 2.46. The molecule has 0 N–H and O–H groups in total. The molecule has 1 aliphatic rings. The molecular formula is C41H33BrO4. The minimum absolute atomic E-state index is 0.0310. The van der Waals surface area contributed by atoms with Gasteiger partial charge in [0, 0.05) is 16.6 Å². The SMILES string of the molecule is C=CC(=O)OCC1(COC(=O)C=C)c2cc(Br)ccc2-c2ccc(-c3ccc4ccc5cc(C(C)(C)C)cc6ccc3c4c56)cc21. The summed E-state index contributed by atoms with van der Waals surface area (Å²) in [5, 5.41) is 7.34. The van der Waals surface area contributed by atoms with Crippen LogP contribution in [0.4, 0.5) is 0 Å². The Labute approximate surface area is 276 Å². The molecule has 228 valence electrons. The first-order valence-electron chi connectivity index (χ1n) is 15.3. The molecule has 0 bridgehead atoms. The van der Waals surface area contributed by atoms with Crippen molar-refractivity contribution in [2.24, 2.45) is 0 Å². The largest absolute Gasteiger partial charge is 0.461 e. The van der Waals surface area contributed by atoms with Gasteiger partial charge < -0.3 is 9.47 Å². The molecule has 0 atom stereocenters. The standard InChI is InChI=1S/C41H33BrO4/c1-6-36(43)45-22-41(23-46-37(44)7-2)34-20-25(11-15-31(34)32-17-13-29(42)21-35(32)41)30-14-10-24-8-9-26-18-28(40(3,4)5)19-27-12-16-33(30)39(24)38(26)27/h6-21H,1-2,22-23H2,3-5H3. The first-order chi connectivity index (χ1) is 22.0. The van der Waals surface area contributed by atoms with Crippen LogP contribution in [-0.4, -0.2) is 25.2 Å². The molecule has 0 fully saturated rings. The first kappa shape index (κ1) is 29.9. The Balaban J connectivity index is 1.45. The van der Waals surface area contributed by atoms with Crippen LogP contribution in [-0.2, 0) is 29.9 Å². The van der Waals surface area contributed by atoms with Gasteiger partial charge in [-0.15, -0.1) is 0 Å². The summed E-state index contributed by atoms with van der Waals surface area (Å²) < 4.78 is 12.3.